The van der Waals surface area contributed by atoms with Gasteiger partial charge in [-0.15, -0.1) is 0 Å². The Hall–Kier alpha value is -1.53. The van der Waals surface area contributed by atoms with Crippen molar-refractivity contribution in [1.82, 2.24) is 20.4 Å². The van der Waals surface area contributed by atoms with Crippen LogP contribution in [-0.2, 0) is 0 Å². The monoisotopic (exact) mass is 349 g/mol. The number of nitrogens with one attached hydrogen (secondary N) is 2. The molecule has 2 heterocycles. The SMILES string of the molecule is CN=C(NCC(c1ccco1)N(C)C)NCC(C)(C)N1CCCCC1. The third-order valence-electron chi connectivity index (χ3n) is 5.08. The molecule has 25 heavy (non-hydrogen) atoms. The first-order valence-corrected chi connectivity index (χ1v) is 9.33. The lowest BCUT2D eigenvalue weighted by Gasteiger charge is -2.41. The fourth-order valence-electron chi connectivity index (χ4n) is 3.34. The van der Waals surface area contributed by atoms with E-state index in [0.717, 1.165) is 24.8 Å². The number of aliphatic imine (C=N–C) groups is 1. The van der Waals surface area contributed by atoms with Gasteiger partial charge in [-0.05, 0) is 66.0 Å². The van der Waals surface area contributed by atoms with Crippen molar-refractivity contribution in [1.29, 1.82) is 0 Å². The van der Waals surface area contributed by atoms with E-state index < -0.39 is 0 Å². The number of likely N-dealkylation sites (tertiary alicyclic amines) is 1. The van der Waals surface area contributed by atoms with Crippen LogP contribution >= 0.6 is 0 Å². The molecule has 1 fully saturated rings. The summed E-state index contributed by atoms with van der Waals surface area (Å²) in [6.07, 6.45) is 5.70. The average Bonchev–Trinajstić information content (AvgIpc) is 3.12. The maximum atomic E-state index is 5.57. The van der Waals surface area contributed by atoms with E-state index in [1.54, 1.807) is 6.26 Å². The first-order chi connectivity index (χ1) is 11.9. The molecule has 0 saturated carbocycles. The Morgan fingerprint density at radius 3 is 2.56 bits per heavy atom. The third kappa shape index (κ3) is 5.75. The molecule has 1 unspecified atom stereocenters. The summed E-state index contributed by atoms with van der Waals surface area (Å²) < 4.78 is 5.57. The van der Waals surface area contributed by atoms with Crippen LogP contribution in [0.3, 0.4) is 0 Å². The summed E-state index contributed by atoms with van der Waals surface area (Å²) in [6.45, 7) is 8.63. The highest BCUT2D eigenvalue weighted by atomic mass is 16.3. The number of hydrogen-bond donors (Lipinski definition) is 2. The molecule has 0 bridgehead atoms. The number of furan rings is 1. The number of nitrogens with zero attached hydrogens (tertiary/aromatic N) is 3. The minimum Gasteiger partial charge on any atom is -0.468 e. The first-order valence-electron chi connectivity index (χ1n) is 9.33. The van der Waals surface area contributed by atoms with Crippen LogP contribution in [0.15, 0.2) is 27.8 Å². The van der Waals surface area contributed by atoms with Gasteiger partial charge in [0.2, 0.25) is 0 Å². The molecule has 1 aliphatic rings. The highest BCUT2D eigenvalue weighted by Crippen LogP contribution is 2.20. The van der Waals surface area contributed by atoms with Gasteiger partial charge in [0.05, 0.1) is 12.3 Å². The molecular weight excluding hydrogens is 314 g/mol. The Morgan fingerprint density at radius 2 is 2.00 bits per heavy atom. The van der Waals surface area contributed by atoms with Crippen molar-refractivity contribution >= 4 is 5.96 Å². The van der Waals surface area contributed by atoms with Crippen molar-refractivity contribution in [2.45, 2.75) is 44.7 Å². The van der Waals surface area contributed by atoms with Gasteiger partial charge in [0.1, 0.15) is 5.76 Å². The van der Waals surface area contributed by atoms with E-state index >= 15 is 0 Å². The van der Waals surface area contributed by atoms with Crippen LogP contribution in [0, 0.1) is 0 Å². The molecule has 2 rings (SSSR count). The second-order valence-electron chi connectivity index (χ2n) is 7.66. The highest BCUT2D eigenvalue weighted by molar-refractivity contribution is 5.79. The quantitative estimate of drug-likeness (QED) is 0.584. The van der Waals surface area contributed by atoms with Gasteiger partial charge >= 0.3 is 0 Å². The average molecular weight is 350 g/mol. The Balaban J connectivity index is 1.85. The van der Waals surface area contributed by atoms with Gasteiger partial charge < -0.3 is 15.1 Å². The molecule has 1 aromatic rings. The van der Waals surface area contributed by atoms with Gasteiger partial charge in [0, 0.05) is 25.7 Å². The van der Waals surface area contributed by atoms with Gasteiger partial charge in [-0.1, -0.05) is 6.42 Å². The number of rotatable bonds is 7. The molecule has 142 valence electrons. The molecule has 6 heteroatoms. The van der Waals surface area contributed by atoms with Crippen LogP contribution in [0.4, 0.5) is 0 Å². The van der Waals surface area contributed by atoms with E-state index in [1.807, 2.05) is 19.2 Å². The van der Waals surface area contributed by atoms with E-state index in [9.17, 15) is 0 Å². The third-order valence-corrected chi connectivity index (χ3v) is 5.08. The van der Waals surface area contributed by atoms with Crippen molar-refractivity contribution in [3.8, 4) is 0 Å². The summed E-state index contributed by atoms with van der Waals surface area (Å²) in [4.78, 5) is 9.11. The first kappa shape index (κ1) is 19.8. The van der Waals surface area contributed by atoms with Crippen LogP contribution in [-0.4, -0.2) is 68.6 Å². The molecule has 0 spiro atoms. The molecule has 0 radical (unpaired) electrons. The summed E-state index contributed by atoms with van der Waals surface area (Å²) in [5.74, 6) is 1.80. The number of piperidine rings is 1. The van der Waals surface area contributed by atoms with Crippen molar-refractivity contribution in [3.05, 3.63) is 24.2 Å². The van der Waals surface area contributed by atoms with Crippen molar-refractivity contribution < 1.29 is 4.42 Å². The van der Waals surface area contributed by atoms with Crippen molar-refractivity contribution in [2.24, 2.45) is 4.99 Å². The fraction of sp³-hybridized carbons (Fsp3) is 0.737. The van der Waals surface area contributed by atoms with E-state index in [2.05, 4.69) is 53.4 Å². The van der Waals surface area contributed by atoms with Gasteiger partial charge in [0.15, 0.2) is 5.96 Å². The van der Waals surface area contributed by atoms with E-state index in [0.29, 0.717) is 0 Å². The van der Waals surface area contributed by atoms with Crippen LogP contribution in [0.5, 0.6) is 0 Å². The molecule has 0 aromatic carbocycles. The molecule has 1 aliphatic heterocycles. The predicted molar refractivity (Wildman–Crippen MR) is 104 cm³/mol. The Kier molecular flexibility index (Phi) is 7.32. The zero-order chi connectivity index (χ0) is 18.3. The standard InChI is InChI=1S/C19H35N5O/c1-19(2,24-11-7-6-8-12-24)15-22-18(20-3)21-14-16(23(4)5)17-10-9-13-25-17/h9-10,13,16H,6-8,11-12,14-15H2,1-5H3,(H2,20,21,22). The van der Waals surface area contributed by atoms with Crippen molar-refractivity contribution in [2.75, 3.05) is 47.3 Å². The molecule has 0 amide bonds. The van der Waals surface area contributed by atoms with E-state index in [-0.39, 0.29) is 11.6 Å². The number of guanidine groups is 1. The van der Waals surface area contributed by atoms with Gasteiger partial charge in [0.25, 0.3) is 0 Å². The minimum absolute atomic E-state index is 0.125. The van der Waals surface area contributed by atoms with Crippen LogP contribution in [0.1, 0.15) is 44.9 Å². The molecule has 0 aliphatic carbocycles. The summed E-state index contributed by atoms with van der Waals surface area (Å²) in [6, 6.07) is 4.12. The topological polar surface area (TPSA) is 56.0 Å². The lowest BCUT2D eigenvalue weighted by molar-refractivity contribution is 0.0982. The van der Waals surface area contributed by atoms with Gasteiger partial charge in [-0.3, -0.25) is 14.8 Å². The summed E-state index contributed by atoms with van der Waals surface area (Å²) in [5, 5.41) is 6.93. The fourth-order valence-corrected chi connectivity index (χ4v) is 3.34. The highest BCUT2D eigenvalue weighted by Gasteiger charge is 2.28. The van der Waals surface area contributed by atoms with Gasteiger partial charge in [-0.25, -0.2) is 0 Å². The van der Waals surface area contributed by atoms with E-state index in [1.165, 1.54) is 32.4 Å². The molecule has 6 nitrogen and oxygen atoms in total. The maximum Gasteiger partial charge on any atom is 0.191 e. The predicted octanol–water partition coefficient (Wildman–Crippen LogP) is 2.31. The van der Waals surface area contributed by atoms with Crippen LogP contribution in [0.25, 0.3) is 0 Å². The minimum atomic E-state index is 0.125. The van der Waals surface area contributed by atoms with E-state index in [4.69, 9.17) is 4.42 Å². The zero-order valence-electron chi connectivity index (χ0n) is 16.5. The molecule has 1 saturated heterocycles. The summed E-state index contributed by atoms with van der Waals surface area (Å²) in [7, 11) is 5.94. The van der Waals surface area contributed by atoms with Crippen LogP contribution in [0.2, 0.25) is 0 Å². The second-order valence-corrected chi connectivity index (χ2v) is 7.66. The number of hydrogen-bond acceptors (Lipinski definition) is 4. The zero-order valence-corrected chi connectivity index (χ0v) is 16.5. The maximum absolute atomic E-state index is 5.57. The molecular formula is C19H35N5O. The second kappa shape index (κ2) is 9.25. The Morgan fingerprint density at radius 1 is 1.28 bits per heavy atom. The Labute approximate surface area is 152 Å². The lowest BCUT2D eigenvalue weighted by atomic mass is 9.98. The summed E-state index contributed by atoms with van der Waals surface area (Å²) >= 11 is 0. The van der Waals surface area contributed by atoms with Crippen LogP contribution < -0.4 is 10.6 Å². The molecule has 2 N–H and O–H groups in total. The molecule has 1 atom stereocenters. The summed E-state index contributed by atoms with van der Waals surface area (Å²) in [5.41, 5.74) is 0.125. The smallest absolute Gasteiger partial charge is 0.191 e. The largest absolute Gasteiger partial charge is 0.468 e. The number of likely N-dealkylation sites (N-methyl/N-ethyl adjacent to an activating group) is 1. The van der Waals surface area contributed by atoms with Gasteiger partial charge in [-0.2, -0.15) is 0 Å². The Bertz CT molecular complexity index is 518. The van der Waals surface area contributed by atoms with Crippen molar-refractivity contribution in [3.63, 3.8) is 0 Å². The normalized spacial score (nSPS) is 18.4. The lowest BCUT2D eigenvalue weighted by Crippen LogP contribution is -2.55. The molecule has 1 aromatic heterocycles.